The van der Waals surface area contributed by atoms with Crippen LogP contribution in [0.1, 0.15) is 24.0 Å². The van der Waals surface area contributed by atoms with E-state index in [4.69, 9.17) is 14.9 Å². The number of para-hydroxylation sites is 2. The van der Waals surface area contributed by atoms with Crippen molar-refractivity contribution in [2.45, 2.75) is 37.4 Å². The predicted molar refractivity (Wildman–Crippen MR) is 146 cm³/mol. The van der Waals surface area contributed by atoms with Gasteiger partial charge in [0.2, 0.25) is 16.0 Å². The number of halogens is 4. The number of sulfonamides is 1. The molecule has 13 heteroatoms. The van der Waals surface area contributed by atoms with E-state index in [1.807, 2.05) is 54.6 Å². The molecule has 2 N–H and O–H groups in total. The summed E-state index contributed by atoms with van der Waals surface area (Å²) in [6.45, 7) is 1.52. The smallest absolute Gasteiger partial charge is 0.475 e. The zero-order valence-electron chi connectivity index (χ0n) is 21.8. The molecule has 1 fully saturated rings. The van der Waals surface area contributed by atoms with Crippen molar-refractivity contribution >= 4 is 33.0 Å². The Bertz CT molecular complexity index is 1570. The molecular weight excluding hydrogens is 564 g/mol. The van der Waals surface area contributed by atoms with E-state index in [1.165, 1.54) is 12.1 Å². The first-order chi connectivity index (χ1) is 19.4. The number of alkyl halides is 3. The fourth-order valence-electron chi connectivity index (χ4n) is 4.46. The Labute approximate surface area is 234 Å². The van der Waals surface area contributed by atoms with Gasteiger partial charge in [0.1, 0.15) is 5.82 Å². The van der Waals surface area contributed by atoms with Crippen LogP contribution in [0.4, 0.5) is 23.5 Å². The minimum Gasteiger partial charge on any atom is -0.475 e. The topological polar surface area (TPSA) is 105 Å². The highest BCUT2D eigenvalue weighted by atomic mass is 32.2. The Balaban J connectivity index is 0.000000493. The second-order valence-corrected chi connectivity index (χ2v) is 11.5. The Morgan fingerprint density at radius 3 is 2.12 bits per heavy atom. The average molecular weight is 593 g/mol. The molecule has 0 bridgehead atoms. The molecule has 0 unspecified atom stereocenters. The monoisotopic (exact) mass is 592 g/mol. The highest BCUT2D eigenvalue weighted by molar-refractivity contribution is 7.88. The highest BCUT2D eigenvalue weighted by Crippen LogP contribution is 2.25. The molecule has 41 heavy (non-hydrogen) atoms. The van der Waals surface area contributed by atoms with Crippen LogP contribution < -0.4 is 5.32 Å². The van der Waals surface area contributed by atoms with Gasteiger partial charge in [0.15, 0.2) is 0 Å². The quantitative estimate of drug-likeness (QED) is 0.284. The van der Waals surface area contributed by atoms with E-state index in [9.17, 15) is 26.0 Å². The zero-order valence-corrected chi connectivity index (χ0v) is 22.6. The van der Waals surface area contributed by atoms with Gasteiger partial charge in [0, 0.05) is 19.1 Å². The maximum atomic E-state index is 13.4. The Morgan fingerprint density at radius 2 is 1.51 bits per heavy atom. The minimum atomic E-state index is -5.08. The van der Waals surface area contributed by atoms with E-state index in [1.54, 1.807) is 16.4 Å². The molecule has 1 aliphatic heterocycles. The van der Waals surface area contributed by atoms with Crippen LogP contribution in [0, 0.1) is 5.82 Å². The van der Waals surface area contributed by atoms with Gasteiger partial charge in [-0.05, 0) is 48.2 Å². The summed E-state index contributed by atoms with van der Waals surface area (Å²) in [6, 6.07) is 23.8. The lowest BCUT2D eigenvalue weighted by Crippen LogP contribution is -2.43. The van der Waals surface area contributed by atoms with Crippen LogP contribution in [-0.4, -0.2) is 58.7 Å². The fraction of sp³-hybridized carbons (Fsp3) is 0.286. The van der Waals surface area contributed by atoms with Crippen molar-refractivity contribution in [3.05, 3.63) is 95.8 Å². The number of benzene rings is 3. The molecule has 0 amide bonds. The predicted octanol–water partition coefficient (Wildman–Crippen LogP) is 5.26. The number of anilines is 1. The van der Waals surface area contributed by atoms with Crippen LogP contribution in [0.5, 0.6) is 0 Å². The van der Waals surface area contributed by atoms with Crippen LogP contribution >= 0.6 is 0 Å². The summed E-state index contributed by atoms with van der Waals surface area (Å²) in [5.41, 5.74) is 3.67. The summed E-state index contributed by atoms with van der Waals surface area (Å²) in [7, 11) is -3.35. The van der Waals surface area contributed by atoms with Crippen LogP contribution in [0.2, 0.25) is 0 Å². The molecule has 8 nitrogen and oxygen atoms in total. The number of carbonyl (C=O) groups is 1. The normalized spacial score (nSPS) is 14.8. The first-order valence-electron chi connectivity index (χ1n) is 12.7. The van der Waals surface area contributed by atoms with E-state index < -0.39 is 22.2 Å². The van der Waals surface area contributed by atoms with Gasteiger partial charge in [-0.2, -0.15) is 13.2 Å². The standard InChI is InChI=1S/C26H27FN4O2S.C2HF3O2/c27-22-12-10-20(11-13-22)18-31-25-9-5-4-8-24(25)29-26(31)28-23-14-16-30(17-15-23)34(32,33)19-21-6-2-1-3-7-21;3-2(4,5)1(6)7/h1-13,23H,14-19H2,(H,28,29);(H,6,7). The number of hydrogen-bond donors (Lipinski definition) is 2. The molecule has 1 aromatic heterocycles. The van der Waals surface area contributed by atoms with Gasteiger partial charge in [0.05, 0.1) is 23.3 Å². The second kappa shape index (κ2) is 12.7. The maximum Gasteiger partial charge on any atom is 0.490 e. The number of carboxylic acids is 1. The first-order valence-corrected chi connectivity index (χ1v) is 14.3. The van der Waals surface area contributed by atoms with Crippen molar-refractivity contribution in [2.75, 3.05) is 18.4 Å². The van der Waals surface area contributed by atoms with E-state index in [2.05, 4.69) is 9.88 Å². The lowest BCUT2D eigenvalue weighted by Gasteiger charge is -2.32. The van der Waals surface area contributed by atoms with Gasteiger partial charge in [-0.15, -0.1) is 0 Å². The molecular formula is C28H28F4N4O4S. The van der Waals surface area contributed by atoms with Crippen LogP contribution in [0.15, 0.2) is 78.9 Å². The molecule has 3 aromatic carbocycles. The molecule has 0 spiro atoms. The molecule has 0 atom stereocenters. The number of piperidine rings is 1. The number of aromatic nitrogens is 2. The third-order valence-electron chi connectivity index (χ3n) is 6.52. The van der Waals surface area contributed by atoms with Gasteiger partial charge < -0.3 is 15.0 Å². The molecule has 0 saturated carbocycles. The summed E-state index contributed by atoms with van der Waals surface area (Å²) >= 11 is 0. The summed E-state index contributed by atoms with van der Waals surface area (Å²) in [5.74, 6) is -2.24. The number of nitrogens with one attached hydrogen (secondary N) is 1. The number of carboxylic acid groups (broad SMARTS) is 1. The van der Waals surface area contributed by atoms with E-state index in [0.29, 0.717) is 32.5 Å². The van der Waals surface area contributed by atoms with Gasteiger partial charge >= 0.3 is 12.1 Å². The number of fused-ring (bicyclic) bond motifs is 1. The summed E-state index contributed by atoms with van der Waals surface area (Å²) in [6.07, 6.45) is -3.68. The molecule has 4 aromatic rings. The lowest BCUT2D eigenvalue weighted by molar-refractivity contribution is -0.192. The van der Waals surface area contributed by atoms with Gasteiger partial charge in [-0.3, -0.25) is 0 Å². The zero-order chi connectivity index (χ0) is 29.6. The van der Waals surface area contributed by atoms with Crippen molar-refractivity contribution in [3.63, 3.8) is 0 Å². The number of hydrogen-bond acceptors (Lipinski definition) is 5. The van der Waals surface area contributed by atoms with Crippen molar-refractivity contribution in [1.82, 2.24) is 13.9 Å². The molecule has 0 radical (unpaired) electrons. The number of nitrogens with zero attached hydrogens (tertiary/aromatic N) is 3. The molecule has 1 aliphatic rings. The second-order valence-electron chi connectivity index (χ2n) is 9.50. The maximum absolute atomic E-state index is 13.4. The first kappa shape index (κ1) is 30.0. The van der Waals surface area contributed by atoms with Crippen LogP contribution in [-0.2, 0) is 27.1 Å². The SMILES string of the molecule is O=C(O)C(F)(F)F.O=S(=O)(Cc1ccccc1)N1CCC(Nc2nc3ccccc3n2Cc2ccc(F)cc2)CC1. The van der Waals surface area contributed by atoms with Crippen molar-refractivity contribution in [2.24, 2.45) is 0 Å². The summed E-state index contributed by atoms with van der Waals surface area (Å²) in [5, 5.41) is 10.7. The van der Waals surface area contributed by atoms with Crippen molar-refractivity contribution in [3.8, 4) is 0 Å². The Morgan fingerprint density at radius 1 is 0.927 bits per heavy atom. The summed E-state index contributed by atoms with van der Waals surface area (Å²) < 4.78 is 74.6. The van der Waals surface area contributed by atoms with E-state index in [-0.39, 0.29) is 17.6 Å². The highest BCUT2D eigenvalue weighted by Gasteiger charge is 2.38. The minimum absolute atomic E-state index is 0.0272. The number of imidazole rings is 1. The lowest BCUT2D eigenvalue weighted by atomic mass is 10.1. The Hall–Kier alpha value is -3.97. The summed E-state index contributed by atoms with van der Waals surface area (Å²) in [4.78, 5) is 13.7. The van der Waals surface area contributed by atoms with Crippen LogP contribution in [0.3, 0.4) is 0 Å². The molecule has 0 aliphatic carbocycles. The van der Waals surface area contributed by atoms with E-state index in [0.717, 1.165) is 28.1 Å². The molecule has 2 heterocycles. The van der Waals surface area contributed by atoms with Gasteiger partial charge in [-0.25, -0.2) is 26.9 Å². The van der Waals surface area contributed by atoms with Gasteiger partial charge in [0.25, 0.3) is 0 Å². The van der Waals surface area contributed by atoms with Crippen LogP contribution in [0.25, 0.3) is 11.0 Å². The Kier molecular flexibility index (Phi) is 9.28. The molecule has 218 valence electrons. The van der Waals surface area contributed by atoms with Crippen molar-refractivity contribution < 1.29 is 35.9 Å². The van der Waals surface area contributed by atoms with Gasteiger partial charge in [-0.1, -0.05) is 54.6 Å². The third-order valence-corrected chi connectivity index (χ3v) is 8.37. The average Bonchev–Trinajstić information content (AvgIpc) is 3.27. The number of rotatable bonds is 7. The fourth-order valence-corrected chi connectivity index (χ4v) is 6.02. The number of aliphatic carboxylic acids is 1. The largest absolute Gasteiger partial charge is 0.490 e. The van der Waals surface area contributed by atoms with E-state index >= 15 is 0 Å². The third kappa shape index (κ3) is 8.04. The molecule has 1 saturated heterocycles. The van der Waals surface area contributed by atoms with Crippen molar-refractivity contribution in [1.29, 1.82) is 0 Å². The molecule has 5 rings (SSSR count).